The largest absolute Gasteiger partial charge is 0.338 e. The highest BCUT2D eigenvalue weighted by Crippen LogP contribution is 2.15. The minimum absolute atomic E-state index is 0.182. The van der Waals surface area contributed by atoms with E-state index in [4.69, 9.17) is 0 Å². The summed E-state index contributed by atoms with van der Waals surface area (Å²) in [6.07, 6.45) is 0.793. The number of hydrogen-bond donors (Lipinski definition) is 2. The predicted molar refractivity (Wildman–Crippen MR) is 94.0 cm³/mol. The first-order valence-corrected chi connectivity index (χ1v) is 8.06. The number of hydrogen-bond acceptors (Lipinski definition) is 1. The molecule has 2 aromatic rings. The first kappa shape index (κ1) is 15.3. The lowest BCUT2D eigenvalue weighted by Crippen LogP contribution is -2.30. The summed E-state index contributed by atoms with van der Waals surface area (Å²) in [6, 6.07) is 15.5. The molecule has 0 heterocycles. The average Bonchev–Trinajstić information content (AvgIpc) is 2.43. The Balaban J connectivity index is 1.78. The minimum atomic E-state index is -0.182. The van der Waals surface area contributed by atoms with Gasteiger partial charge in [0.1, 0.15) is 0 Å². The van der Waals surface area contributed by atoms with Gasteiger partial charge >= 0.3 is 6.03 Å². The van der Waals surface area contributed by atoms with Crippen molar-refractivity contribution in [2.24, 2.45) is 0 Å². The number of carbonyl (C=O) groups excluding carboxylic acids is 1. The summed E-state index contributed by atoms with van der Waals surface area (Å²) in [4.78, 5) is 11.7. The molecule has 0 bridgehead atoms. The van der Waals surface area contributed by atoms with Crippen LogP contribution in [0.15, 0.2) is 53.0 Å². The van der Waals surface area contributed by atoms with Gasteiger partial charge in [-0.15, -0.1) is 0 Å². The monoisotopic (exact) mass is 444 g/mol. The zero-order valence-corrected chi connectivity index (χ0v) is 14.4. The molecule has 104 valence electrons. The van der Waals surface area contributed by atoms with Gasteiger partial charge in [0.15, 0.2) is 0 Å². The number of anilines is 1. The van der Waals surface area contributed by atoms with Crippen molar-refractivity contribution >= 4 is 50.2 Å². The summed E-state index contributed by atoms with van der Waals surface area (Å²) >= 11 is 5.72. The molecule has 20 heavy (non-hydrogen) atoms. The third-order valence-corrected chi connectivity index (χ3v) is 4.23. The molecule has 0 atom stereocenters. The molecule has 3 nitrogen and oxygen atoms in total. The molecular weight excluding hydrogens is 431 g/mol. The fourth-order valence-electron chi connectivity index (χ4n) is 1.72. The molecule has 0 aliphatic rings. The zero-order valence-electron chi connectivity index (χ0n) is 10.7. The van der Waals surface area contributed by atoms with Crippen molar-refractivity contribution in [2.45, 2.75) is 6.42 Å². The van der Waals surface area contributed by atoms with E-state index in [1.54, 1.807) is 0 Å². The Morgan fingerprint density at radius 3 is 2.50 bits per heavy atom. The number of halogens is 2. The van der Waals surface area contributed by atoms with Crippen molar-refractivity contribution in [3.8, 4) is 0 Å². The lowest BCUT2D eigenvalue weighted by molar-refractivity contribution is 0.252. The lowest BCUT2D eigenvalue weighted by atomic mass is 10.1. The number of carbonyl (C=O) groups is 1. The van der Waals surface area contributed by atoms with Crippen LogP contribution < -0.4 is 10.6 Å². The second-order valence-corrected chi connectivity index (χ2v) is 6.33. The molecule has 0 saturated heterocycles. The first-order chi connectivity index (χ1) is 9.65. The van der Waals surface area contributed by atoms with Crippen molar-refractivity contribution in [3.63, 3.8) is 0 Å². The van der Waals surface area contributed by atoms with E-state index in [0.29, 0.717) is 6.54 Å². The van der Waals surface area contributed by atoms with Crippen LogP contribution in [0.5, 0.6) is 0 Å². The van der Waals surface area contributed by atoms with Gasteiger partial charge in [-0.25, -0.2) is 4.79 Å². The molecule has 0 fully saturated rings. The second-order valence-electron chi connectivity index (χ2n) is 4.23. The first-order valence-electron chi connectivity index (χ1n) is 6.19. The Bertz CT molecular complexity index is 587. The third kappa shape index (κ3) is 4.79. The summed E-state index contributed by atoms with van der Waals surface area (Å²) < 4.78 is 2.21. The van der Waals surface area contributed by atoms with Crippen LogP contribution in [-0.4, -0.2) is 12.6 Å². The van der Waals surface area contributed by atoms with E-state index in [9.17, 15) is 4.79 Å². The normalized spacial score (nSPS) is 10.1. The van der Waals surface area contributed by atoms with Crippen LogP contribution >= 0.6 is 38.5 Å². The van der Waals surface area contributed by atoms with Gasteiger partial charge in [0, 0.05) is 20.3 Å². The molecule has 0 saturated carbocycles. The van der Waals surface area contributed by atoms with Gasteiger partial charge in [-0.2, -0.15) is 0 Å². The van der Waals surface area contributed by atoms with E-state index in [-0.39, 0.29) is 6.03 Å². The molecule has 2 amide bonds. The summed E-state index contributed by atoms with van der Waals surface area (Å²) in [5.41, 5.74) is 1.98. The Kier molecular flexibility index (Phi) is 5.85. The third-order valence-electron chi connectivity index (χ3n) is 2.74. The quantitative estimate of drug-likeness (QED) is 0.673. The Morgan fingerprint density at radius 1 is 1.10 bits per heavy atom. The molecule has 0 radical (unpaired) electrons. The number of amides is 2. The lowest BCUT2D eigenvalue weighted by Gasteiger charge is -2.08. The van der Waals surface area contributed by atoms with Gasteiger partial charge in [0.25, 0.3) is 0 Å². The van der Waals surface area contributed by atoms with Crippen LogP contribution in [0.4, 0.5) is 10.5 Å². The summed E-state index contributed by atoms with van der Waals surface area (Å²) in [7, 11) is 0. The smallest absolute Gasteiger partial charge is 0.319 e. The summed E-state index contributed by atoms with van der Waals surface area (Å²) in [6.45, 7) is 0.596. The fourth-order valence-corrected chi connectivity index (χ4v) is 2.56. The molecule has 0 aliphatic heterocycles. The maximum Gasteiger partial charge on any atom is 0.319 e. The molecule has 0 aromatic heterocycles. The number of urea groups is 1. The molecule has 2 aromatic carbocycles. The second kappa shape index (κ2) is 7.64. The fraction of sp³-hybridized carbons (Fsp3) is 0.133. The molecule has 2 rings (SSSR count). The van der Waals surface area contributed by atoms with Gasteiger partial charge in [-0.1, -0.05) is 34.1 Å². The molecule has 0 unspecified atom stereocenters. The predicted octanol–water partition coefficient (Wildman–Crippen LogP) is 4.42. The highest BCUT2D eigenvalue weighted by atomic mass is 127. The van der Waals surface area contributed by atoms with Crippen LogP contribution in [0.1, 0.15) is 5.56 Å². The van der Waals surface area contributed by atoms with Crippen LogP contribution in [0, 0.1) is 3.57 Å². The number of rotatable bonds is 4. The molecular formula is C15H14BrIN2O. The van der Waals surface area contributed by atoms with E-state index in [1.807, 2.05) is 48.5 Å². The topological polar surface area (TPSA) is 41.1 Å². The van der Waals surface area contributed by atoms with Crippen LogP contribution in [-0.2, 0) is 6.42 Å². The van der Waals surface area contributed by atoms with Crippen molar-refractivity contribution in [1.82, 2.24) is 5.32 Å². The minimum Gasteiger partial charge on any atom is -0.338 e. The molecule has 2 N–H and O–H groups in total. The Hall–Kier alpha value is -1.08. The summed E-state index contributed by atoms with van der Waals surface area (Å²) in [5.74, 6) is 0. The van der Waals surface area contributed by atoms with Crippen LogP contribution in [0.2, 0.25) is 0 Å². The van der Waals surface area contributed by atoms with Crippen molar-refractivity contribution in [1.29, 1.82) is 0 Å². The molecule has 0 aliphatic carbocycles. The maximum atomic E-state index is 11.7. The van der Waals surface area contributed by atoms with Crippen molar-refractivity contribution in [2.75, 3.05) is 11.9 Å². The zero-order chi connectivity index (χ0) is 14.4. The van der Waals surface area contributed by atoms with E-state index in [0.717, 1.165) is 20.2 Å². The van der Waals surface area contributed by atoms with Gasteiger partial charge in [0.2, 0.25) is 0 Å². The van der Waals surface area contributed by atoms with Gasteiger partial charge in [-0.3, -0.25) is 0 Å². The van der Waals surface area contributed by atoms with Gasteiger partial charge in [0.05, 0.1) is 0 Å². The van der Waals surface area contributed by atoms with Gasteiger partial charge in [-0.05, 0) is 64.9 Å². The SMILES string of the molecule is O=C(NCCc1ccccc1Br)Nc1ccc(I)cc1. The highest BCUT2D eigenvalue weighted by molar-refractivity contribution is 14.1. The number of benzene rings is 2. The highest BCUT2D eigenvalue weighted by Gasteiger charge is 2.02. The standard InChI is InChI=1S/C15H14BrIN2O/c16-14-4-2-1-3-11(14)9-10-18-15(20)19-13-7-5-12(17)6-8-13/h1-8H,9-10H2,(H2,18,19,20). The number of nitrogens with one attached hydrogen (secondary N) is 2. The van der Waals surface area contributed by atoms with Crippen LogP contribution in [0.3, 0.4) is 0 Å². The Morgan fingerprint density at radius 2 is 1.80 bits per heavy atom. The Labute approximate surface area is 140 Å². The van der Waals surface area contributed by atoms with Gasteiger partial charge < -0.3 is 10.6 Å². The van der Waals surface area contributed by atoms with Crippen molar-refractivity contribution in [3.05, 3.63) is 62.1 Å². The van der Waals surface area contributed by atoms with E-state index in [1.165, 1.54) is 5.56 Å². The van der Waals surface area contributed by atoms with Crippen LogP contribution in [0.25, 0.3) is 0 Å². The maximum absolute atomic E-state index is 11.7. The van der Waals surface area contributed by atoms with E-state index >= 15 is 0 Å². The summed E-state index contributed by atoms with van der Waals surface area (Å²) in [5, 5.41) is 5.65. The molecule has 0 spiro atoms. The van der Waals surface area contributed by atoms with E-state index in [2.05, 4.69) is 49.2 Å². The molecule has 5 heteroatoms. The van der Waals surface area contributed by atoms with E-state index < -0.39 is 0 Å². The van der Waals surface area contributed by atoms with Crippen molar-refractivity contribution < 1.29 is 4.79 Å². The average molecular weight is 445 g/mol.